The van der Waals surface area contributed by atoms with Crippen molar-refractivity contribution in [2.45, 2.75) is 32.7 Å². The Morgan fingerprint density at radius 2 is 2.12 bits per heavy atom. The highest BCUT2D eigenvalue weighted by Crippen LogP contribution is 2.31. The number of alkyl halides is 2. The maximum atomic E-state index is 13.1. The van der Waals surface area contributed by atoms with E-state index in [-0.39, 0.29) is 0 Å². The molecule has 98 valence electrons. The second kappa shape index (κ2) is 5.95. The molecule has 6 heteroatoms. The number of aromatic nitrogens is 2. The number of ether oxygens (including phenoxy) is 1. The first kappa shape index (κ1) is 13.9. The van der Waals surface area contributed by atoms with Gasteiger partial charge in [0.25, 0.3) is 6.43 Å². The van der Waals surface area contributed by atoms with Gasteiger partial charge in [0.1, 0.15) is 6.04 Å². The first-order chi connectivity index (χ1) is 8.02. The third-order valence-electron chi connectivity index (χ3n) is 2.58. The van der Waals surface area contributed by atoms with Crippen LogP contribution < -0.4 is 10.1 Å². The van der Waals surface area contributed by atoms with Crippen molar-refractivity contribution in [3.8, 4) is 5.88 Å². The van der Waals surface area contributed by atoms with E-state index < -0.39 is 12.5 Å². The number of halogens is 2. The molecule has 0 radical (unpaired) electrons. The summed E-state index contributed by atoms with van der Waals surface area (Å²) in [7, 11) is 3.14. The highest BCUT2D eigenvalue weighted by atomic mass is 19.3. The largest absolute Gasteiger partial charge is 0.481 e. The van der Waals surface area contributed by atoms with Crippen LogP contribution >= 0.6 is 0 Å². The standard InChI is InChI=1S/C11H19F2N3O/c1-5-6-14-9(10(12)13)8-7(2)15-16(3)11(8)17-4/h9-10,14H,5-6H2,1-4H3. The Morgan fingerprint density at radius 3 is 2.59 bits per heavy atom. The summed E-state index contributed by atoms with van der Waals surface area (Å²) < 4.78 is 32.7. The van der Waals surface area contributed by atoms with Crippen molar-refractivity contribution in [2.75, 3.05) is 13.7 Å². The van der Waals surface area contributed by atoms with Gasteiger partial charge in [-0.2, -0.15) is 5.10 Å². The van der Waals surface area contributed by atoms with Crippen molar-refractivity contribution >= 4 is 0 Å². The Kier molecular flexibility index (Phi) is 4.86. The van der Waals surface area contributed by atoms with Gasteiger partial charge in [-0.25, -0.2) is 13.5 Å². The minimum absolute atomic E-state index is 0.386. The lowest BCUT2D eigenvalue weighted by Gasteiger charge is -2.18. The predicted octanol–water partition coefficient (Wildman–Crippen LogP) is 2.04. The SMILES string of the molecule is CCCNC(c1c(C)nn(C)c1OC)C(F)F. The van der Waals surface area contributed by atoms with Crippen molar-refractivity contribution in [1.29, 1.82) is 0 Å². The maximum Gasteiger partial charge on any atom is 0.258 e. The second-order valence-electron chi connectivity index (χ2n) is 3.90. The molecule has 0 aromatic carbocycles. The van der Waals surface area contributed by atoms with Gasteiger partial charge in [-0.3, -0.25) is 0 Å². The Bertz CT molecular complexity index is 366. The summed E-state index contributed by atoms with van der Waals surface area (Å²) in [6.45, 7) is 4.18. The van der Waals surface area contributed by atoms with E-state index in [1.165, 1.54) is 11.8 Å². The number of nitrogens with zero attached hydrogens (tertiary/aromatic N) is 2. The zero-order valence-corrected chi connectivity index (χ0v) is 10.6. The highest BCUT2D eigenvalue weighted by Gasteiger charge is 2.29. The van der Waals surface area contributed by atoms with Crippen molar-refractivity contribution in [2.24, 2.45) is 7.05 Å². The Labute approximate surface area is 100.0 Å². The normalized spacial score (nSPS) is 13.1. The van der Waals surface area contributed by atoms with Crippen LogP contribution in [0.1, 0.15) is 30.6 Å². The van der Waals surface area contributed by atoms with E-state index in [0.29, 0.717) is 23.7 Å². The zero-order valence-electron chi connectivity index (χ0n) is 10.6. The van der Waals surface area contributed by atoms with Crippen molar-refractivity contribution in [3.63, 3.8) is 0 Å². The smallest absolute Gasteiger partial charge is 0.258 e. The van der Waals surface area contributed by atoms with E-state index in [2.05, 4.69) is 10.4 Å². The number of aryl methyl sites for hydroxylation is 2. The van der Waals surface area contributed by atoms with Crippen molar-refractivity contribution in [1.82, 2.24) is 15.1 Å². The lowest BCUT2D eigenvalue weighted by atomic mass is 10.1. The van der Waals surface area contributed by atoms with E-state index in [0.717, 1.165) is 6.42 Å². The van der Waals surface area contributed by atoms with Crippen LogP contribution in [0.3, 0.4) is 0 Å². The summed E-state index contributed by atoms with van der Waals surface area (Å²) in [5, 5.41) is 6.94. The topological polar surface area (TPSA) is 39.1 Å². The molecule has 0 aliphatic heterocycles. The molecule has 0 amide bonds. The number of methoxy groups -OCH3 is 1. The summed E-state index contributed by atoms with van der Waals surface area (Å²) in [6, 6.07) is -1.03. The molecule has 0 aliphatic carbocycles. The molecule has 17 heavy (non-hydrogen) atoms. The molecule has 1 aromatic rings. The molecule has 0 aliphatic rings. The molecule has 0 saturated carbocycles. The molecule has 1 heterocycles. The number of nitrogens with one attached hydrogen (secondary N) is 1. The van der Waals surface area contributed by atoms with Gasteiger partial charge < -0.3 is 10.1 Å². The lowest BCUT2D eigenvalue weighted by Crippen LogP contribution is -2.28. The fourth-order valence-electron chi connectivity index (χ4n) is 1.87. The molecule has 1 rings (SSSR count). The van der Waals surface area contributed by atoms with E-state index in [9.17, 15) is 8.78 Å². The van der Waals surface area contributed by atoms with Gasteiger partial charge in [-0.15, -0.1) is 0 Å². The highest BCUT2D eigenvalue weighted by molar-refractivity contribution is 5.34. The Balaban J connectivity index is 3.08. The average Bonchev–Trinajstić information content (AvgIpc) is 2.54. The van der Waals surface area contributed by atoms with Gasteiger partial charge in [0.2, 0.25) is 5.88 Å². The summed E-state index contributed by atoms with van der Waals surface area (Å²) >= 11 is 0. The van der Waals surface area contributed by atoms with Crippen LogP contribution in [0.15, 0.2) is 0 Å². The number of rotatable bonds is 6. The summed E-state index contributed by atoms with van der Waals surface area (Å²) in [5.74, 6) is 0.386. The van der Waals surface area contributed by atoms with E-state index >= 15 is 0 Å². The fraction of sp³-hybridized carbons (Fsp3) is 0.727. The lowest BCUT2D eigenvalue weighted by molar-refractivity contribution is 0.0967. The monoisotopic (exact) mass is 247 g/mol. The average molecular weight is 247 g/mol. The van der Waals surface area contributed by atoms with Gasteiger partial charge in [0.15, 0.2) is 0 Å². The second-order valence-corrected chi connectivity index (χ2v) is 3.90. The fourth-order valence-corrected chi connectivity index (χ4v) is 1.87. The third-order valence-corrected chi connectivity index (χ3v) is 2.58. The van der Waals surface area contributed by atoms with E-state index in [1.54, 1.807) is 14.0 Å². The maximum absolute atomic E-state index is 13.1. The first-order valence-electron chi connectivity index (χ1n) is 5.61. The zero-order chi connectivity index (χ0) is 13.0. The molecule has 1 N–H and O–H groups in total. The summed E-state index contributed by atoms with van der Waals surface area (Å²) in [5.41, 5.74) is 1.01. The molecule has 4 nitrogen and oxygen atoms in total. The molecule has 0 bridgehead atoms. The van der Waals surface area contributed by atoms with Gasteiger partial charge in [0, 0.05) is 7.05 Å². The number of hydrogen-bond donors (Lipinski definition) is 1. The predicted molar refractivity (Wildman–Crippen MR) is 61.5 cm³/mol. The molecular formula is C11H19F2N3O. The molecule has 0 spiro atoms. The first-order valence-corrected chi connectivity index (χ1v) is 5.61. The van der Waals surface area contributed by atoms with Gasteiger partial charge in [-0.1, -0.05) is 6.92 Å². The molecule has 1 atom stereocenters. The molecule has 0 saturated heterocycles. The molecule has 1 unspecified atom stereocenters. The van der Waals surface area contributed by atoms with Crippen molar-refractivity contribution < 1.29 is 13.5 Å². The Hall–Kier alpha value is -1.17. The van der Waals surface area contributed by atoms with Crippen LogP contribution in [0.2, 0.25) is 0 Å². The van der Waals surface area contributed by atoms with E-state index in [4.69, 9.17) is 4.74 Å². The van der Waals surface area contributed by atoms with Crippen LogP contribution in [0, 0.1) is 6.92 Å². The minimum Gasteiger partial charge on any atom is -0.481 e. The van der Waals surface area contributed by atoms with Gasteiger partial charge in [-0.05, 0) is 19.9 Å². The third kappa shape index (κ3) is 2.94. The van der Waals surface area contributed by atoms with Crippen LogP contribution in [-0.2, 0) is 7.05 Å². The Morgan fingerprint density at radius 1 is 1.47 bits per heavy atom. The molecule has 0 fully saturated rings. The van der Waals surface area contributed by atoms with Gasteiger partial charge >= 0.3 is 0 Å². The minimum atomic E-state index is -2.49. The van der Waals surface area contributed by atoms with Gasteiger partial charge in [0.05, 0.1) is 18.4 Å². The summed E-state index contributed by atoms with van der Waals surface area (Å²) in [4.78, 5) is 0. The quantitative estimate of drug-likeness (QED) is 0.836. The van der Waals surface area contributed by atoms with Crippen LogP contribution in [0.4, 0.5) is 8.78 Å². The van der Waals surface area contributed by atoms with E-state index in [1.807, 2.05) is 6.92 Å². The van der Waals surface area contributed by atoms with Crippen LogP contribution in [-0.4, -0.2) is 29.9 Å². The summed E-state index contributed by atoms with van der Waals surface area (Å²) in [6.07, 6.45) is -1.69. The van der Waals surface area contributed by atoms with Crippen LogP contribution in [0.25, 0.3) is 0 Å². The molecular weight excluding hydrogens is 228 g/mol. The van der Waals surface area contributed by atoms with Crippen molar-refractivity contribution in [3.05, 3.63) is 11.3 Å². The van der Waals surface area contributed by atoms with Crippen LogP contribution in [0.5, 0.6) is 5.88 Å². The molecule has 1 aromatic heterocycles. The number of hydrogen-bond acceptors (Lipinski definition) is 3.